The van der Waals surface area contributed by atoms with Crippen molar-refractivity contribution in [1.82, 2.24) is 14.6 Å². The first kappa shape index (κ1) is 26.4. The standard InChI is InChI=1S/C32H35FN4O3/c1-19(2)18-40-29(31(38)39)28-20(3)34-27-15-26(22-9-7-8-21(14-22)24-10-5-6-11-25(24)33)35-37(27)30(28)36-13-12-32(4)16-23(36)17-32/h5-11,14-15,19,23,29H,12-13,16-18H2,1-4H3,(H,38,39)/t23?,29-,32?/m0/s1. The van der Waals surface area contributed by atoms with Crippen LogP contribution in [0.4, 0.5) is 10.2 Å². The maximum absolute atomic E-state index is 14.6. The van der Waals surface area contributed by atoms with Crippen molar-refractivity contribution in [3.63, 3.8) is 0 Å². The third-order valence-electron chi connectivity index (χ3n) is 8.36. The first-order valence-electron chi connectivity index (χ1n) is 14.0. The van der Waals surface area contributed by atoms with E-state index >= 15 is 0 Å². The summed E-state index contributed by atoms with van der Waals surface area (Å²) in [5.41, 5.74) is 4.98. The van der Waals surface area contributed by atoms with Gasteiger partial charge in [-0.3, -0.25) is 0 Å². The van der Waals surface area contributed by atoms with Crippen LogP contribution in [0.25, 0.3) is 28.0 Å². The fourth-order valence-corrected chi connectivity index (χ4v) is 6.30. The summed E-state index contributed by atoms with van der Waals surface area (Å²) in [6.07, 6.45) is 2.02. The number of aromatic nitrogens is 3. The van der Waals surface area contributed by atoms with Crippen LogP contribution in [0.3, 0.4) is 0 Å². The predicted octanol–water partition coefficient (Wildman–Crippen LogP) is 6.69. The van der Waals surface area contributed by atoms with Crippen molar-refractivity contribution in [2.75, 3.05) is 18.1 Å². The molecule has 2 aliphatic heterocycles. The fraction of sp³-hybridized carbons (Fsp3) is 0.406. The van der Waals surface area contributed by atoms with E-state index < -0.39 is 12.1 Å². The Bertz CT molecular complexity index is 1590. The molecule has 40 heavy (non-hydrogen) atoms. The number of hydrogen-bond donors (Lipinski definition) is 1. The summed E-state index contributed by atoms with van der Waals surface area (Å²) in [6, 6.07) is 16.6. The molecule has 7 rings (SSSR count). The molecular weight excluding hydrogens is 507 g/mol. The zero-order valence-electron chi connectivity index (χ0n) is 23.4. The zero-order valence-corrected chi connectivity index (χ0v) is 23.4. The number of benzene rings is 2. The van der Waals surface area contributed by atoms with Gasteiger partial charge in [-0.05, 0) is 55.2 Å². The molecule has 4 aromatic rings. The van der Waals surface area contributed by atoms with Gasteiger partial charge in [0.2, 0.25) is 0 Å². The van der Waals surface area contributed by atoms with Crippen molar-refractivity contribution in [2.24, 2.45) is 11.3 Å². The Morgan fingerprint density at radius 3 is 2.58 bits per heavy atom. The zero-order chi connectivity index (χ0) is 28.2. The summed E-state index contributed by atoms with van der Waals surface area (Å²) in [4.78, 5) is 19.7. The van der Waals surface area contributed by atoms with Crippen molar-refractivity contribution >= 4 is 17.4 Å². The van der Waals surface area contributed by atoms with Crippen molar-refractivity contribution in [1.29, 1.82) is 0 Å². The van der Waals surface area contributed by atoms with Crippen LogP contribution in [0.1, 0.15) is 57.4 Å². The van der Waals surface area contributed by atoms with Gasteiger partial charge >= 0.3 is 5.97 Å². The Hall–Kier alpha value is -3.78. The summed E-state index contributed by atoms with van der Waals surface area (Å²) in [7, 11) is 0. The molecule has 4 heterocycles. The molecule has 3 aliphatic rings. The second kappa shape index (κ2) is 10.0. The number of halogens is 1. The lowest BCUT2D eigenvalue weighted by molar-refractivity contribution is -0.151. The Labute approximate surface area is 233 Å². The molecule has 0 unspecified atom stereocenters. The topological polar surface area (TPSA) is 80.0 Å². The van der Waals surface area contributed by atoms with Gasteiger partial charge in [0.25, 0.3) is 0 Å². The van der Waals surface area contributed by atoms with Crippen LogP contribution in [0.5, 0.6) is 0 Å². The molecule has 2 aromatic heterocycles. The third-order valence-corrected chi connectivity index (χ3v) is 8.36. The molecule has 1 aliphatic carbocycles. The molecule has 2 aromatic carbocycles. The average molecular weight is 543 g/mol. The molecule has 1 N–H and O–H groups in total. The smallest absolute Gasteiger partial charge is 0.337 e. The van der Waals surface area contributed by atoms with Gasteiger partial charge in [0.15, 0.2) is 11.8 Å². The van der Waals surface area contributed by atoms with Crippen molar-refractivity contribution < 1.29 is 19.0 Å². The summed E-state index contributed by atoms with van der Waals surface area (Å²) < 4.78 is 22.3. The molecule has 1 saturated carbocycles. The second-order valence-corrected chi connectivity index (χ2v) is 12.1. The molecule has 2 bridgehead atoms. The number of carbonyl (C=O) groups is 1. The Morgan fingerprint density at radius 2 is 1.90 bits per heavy atom. The Balaban J connectivity index is 1.50. The molecule has 7 nitrogen and oxygen atoms in total. The van der Waals surface area contributed by atoms with Gasteiger partial charge < -0.3 is 14.7 Å². The Morgan fingerprint density at radius 1 is 1.15 bits per heavy atom. The number of ether oxygens (including phenoxy) is 1. The van der Waals surface area contributed by atoms with Gasteiger partial charge in [0, 0.05) is 35.5 Å². The maximum atomic E-state index is 14.6. The van der Waals surface area contributed by atoms with Gasteiger partial charge in [-0.2, -0.15) is 9.61 Å². The molecule has 0 spiro atoms. The molecule has 1 atom stereocenters. The second-order valence-electron chi connectivity index (χ2n) is 12.1. The summed E-state index contributed by atoms with van der Waals surface area (Å²) in [5.74, 6) is -0.381. The van der Waals surface area contributed by atoms with E-state index in [2.05, 4.69) is 11.8 Å². The van der Waals surface area contributed by atoms with E-state index in [4.69, 9.17) is 14.8 Å². The normalized spacial score (nSPS) is 21.1. The predicted molar refractivity (Wildman–Crippen MR) is 153 cm³/mol. The van der Waals surface area contributed by atoms with E-state index in [1.807, 2.05) is 57.2 Å². The number of carboxylic acid groups (broad SMARTS) is 1. The van der Waals surface area contributed by atoms with Crippen LogP contribution in [-0.2, 0) is 9.53 Å². The third kappa shape index (κ3) is 4.64. The quantitative estimate of drug-likeness (QED) is 0.267. The van der Waals surface area contributed by atoms with Gasteiger partial charge in [-0.25, -0.2) is 14.2 Å². The largest absolute Gasteiger partial charge is 0.479 e. The minimum Gasteiger partial charge on any atom is -0.479 e. The van der Waals surface area contributed by atoms with Crippen LogP contribution < -0.4 is 4.90 Å². The minimum absolute atomic E-state index is 0.183. The maximum Gasteiger partial charge on any atom is 0.337 e. The number of rotatable bonds is 8. The first-order chi connectivity index (χ1) is 19.1. The number of aliphatic carboxylic acids is 1. The molecule has 2 saturated heterocycles. The highest BCUT2D eigenvalue weighted by atomic mass is 19.1. The van der Waals surface area contributed by atoms with Crippen molar-refractivity contribution in [3.8, 4) is 22.4 Å². The van der Waals surface area contributed by atoms with E-state index in [-0.39, 0.29) is 11.7 Å². The highest BCUT2D eigenvalue weighted by Crippen LogP contribution is 2.52. The lowest BCUT2D eigenvalue weighted by atomic mass is 9.61. The monoisotopic (exact) mass is 542 g/mol. The van der Waals surface area contributed by atoms with Crippen LogP contribution in [0, 0.1) is 24.1 Å². The number of aryl methyl sites for hydroxylation is 1. The number of fused-ring (bicyclic) bond motifs is 3. The van der Waals surface area contributed by atoms with Gasteiger partial charge in [0.05, 0.1) is 17.9 Å². The number of carboxylic acids is 1. The van der Waals surface area contributed by atoms with Gasteiger partial charge in [0.1, 0.15) is 11.6 Å². The van der Waals surface area contributed by atoms with Crippen LogP contribution in [0.2, 0.25) is 0 Å². The van der Waals surface area contributed by atoms with E-state index in [0.717, 1.165) is 42.8 Å². The van der Waals surface area contributed by atoms with Crippen molar-refractivity contribution in [2.45, 2.75) is 59.1 Å². The van der Waals surface area contributed by atoms with E-state index in [0.29, 0.717) is 46.2 Å². The fourth-order valence-electron chi connectivity index (χ4n) is 6.30. The lowest BCUT2D eigenvalue weighted by Gasteiger charge is -2.57. The molecule has 0 radical (unpaired) electrons. The van der Waals surface area contributed by atoms with Crippen LogP contribution in [-0.4, -0.2) is 44.9 Å². The number of anilines is 1. The minimum atomic E-state index is -1.15. The summed E-state index contributed by atoms with van der Waals surface area (Å²) in [5, 5.41) is 15.3. The summed E-state index contributed by atoms with van der Waals surface area (Å²) in [6.45, 7) is 9.33. The highest BCUT2D eigenvalue weighted by Gasteiger charge is 2.49. The molecule has 208 valence electrons. The van der Waals surface area contributed by atoms with E-state index in [9.17, 15) is 14.3 Å². The first-order valence-corrected chi connectivity index (χ1v) is 14.0. The highest BCUT2D eigenvalue weighted by molar-refractivity contribution is 5.79. The lowest BCUT2D eigenvalue weighted by Crippen LogP contribution is -2.57. The van der Waals surface area contributed by atoms with Crippen LogP contribution in [0.15, 0.2) is 54.6 Å². The molecule has 8 heteroatoms. The molecule has 3 fully saturated rings. The van der Waals surface area contributed by atoms with E-state index in [1.165, 1.54) is 6.07 Å². The molecule has 0 amide bonds. The number of hydrogen-bond acceptors (Lipinski definition) is 5. The average Bonchev–Trinajstić information content (AvgIpc) is 3.32. The van der Waals surface area contributed by atoms with Crippen molar-refractivity contribution in [3.05, 3.63) is 71.7 Å². The SMILES string of the molecule is Cc1nc2cc(-c3cccc(-c4ccccc4F)c3)nn2c(N2CCC3(C)CC2C3)c1[C@H](OCC(C)C)C(=O)O. The van der Waals surface area contributed by atoms with Gasteiger partial charge in [-0.15, -0.1) is 0 Å². The molecular formula is C32H35FN4O3. The Kier molecular flexibility index (Phi) is 6.61. The summed E-state index contributed by atoms with van der Waals surface area (Å²) >= 11 is 0. The van der Waals surface area contributed by atoms with Gasteiger partial charge in [-0.1, -0.05) is 57.2 Å². The number of piperidine rings is 2. The van der Waals surface area contributed by atoms with E-state index in [1.54, 1.807) is 16.6 Å². The number of nitrogens with zero attached hydrogens (tertiary/aromatic N) is 4. The van der Waals surface area contributed by atoms with Crippen LogP contribution >= 0.6 is 0 Å².